The number of nitrogens with zero attached hydrogens (tertiary/aromatic N) is 2. The topological polar surface area (TPSA) is 93.2 Å². The van der Waals surface area contributed by atoms with Gasteiger partial charge >= 0.3 is 0 Å². The minimum Gasteiger partial charge on any atom is -0.393 e. The van der Waals surface area contributed by atoms with Gasteiger partial charge in [0.2, 0.25) is 0 Å². The largest absolute Gasteiger partial charge is 0.393 e. The summed E-state index contributed by atoms with van der Waals surface area (Å²) in [7, 11) is 0. The van der Waals surface area contributed by atoms with Crippen LogP contribution in [0.1, 0.15) is 36.2 Å². The molecule has 1 aliphatic rings. The molecule has 100 valence electrons. The number of aliphatic hydroxyl groups excluding tert-OH is 1. The summed E-state index contributed by atoms with van der Waals surface area (Å²) in [6.45, 7) is 1.18. The Morgan fingerprint density at radius 1 is 1.61 bits per heavy atom. The SMILES string of the molecule is NCCn1cnc(C(=O)NC2CCCC(O)C2)c1. The van der Waals surface area contributed by atoms with Crippen molar-refractivity contribution in [1.82, 2.24) is 14.9 Å². The first-order valence-electron chi connectivity index (χ1n) is 6.40. The van der Waals surface area contributed by atoms with Crippen LogP contribution in [0.3, 0.4) is 0 Å². The fourth-order valence-corrected chi connectivity index (χ4v) is 2.30. The molecule has 6 heteroatoms. The normalized spacial score (nSPS) is 23.9. The lowest BCUT2D eigenvalue weighted by atomic mass is 9.93. The van der Waals surface area contributed by atoms with Crippen molar-refractivity contribution in [3.63, 3.8) is 0 Å². The van der Waals surface area contributed by atoms with Gasteiger partial charge in [-0.15, -0.1) is 0 Å². The van der Waals surface area contributed by atoms with E-state index in [2.05, 4.69) is 10.3 Å². The number of rotatable bonds is 4. The van der Waals surface area contributed by atoms with Crippen LogP contribution in [0.4, 0.5) is 0 Å². The van der Waals surface area contributed by atoms with Gasteiger partial charge in [-0.25, -0.2) is 4.98 Å². The van der Waals surface area contributed by atoms with E-state index in [9.17, 15) is 9.90 Å². The van der Waals surface area contributed by atoms with Crippen LogP contribution in [-0.4, -0.2) is 39.3 Å². The van der Waals surface area contributed by atoms with Crippen LogP contribution in [0.25, 0.3) is 0 Å². The second-order valence-electron chi connectivity index (χ2n) is 4.78. The molecule has 0 aromatic carbocycles. The molecular formula is C12H20N4O2. The zero-order valence-electron chi connectivity index (χ0n) is 10.4. The minimum absolute atomic E-state index is 0.0564. The molecule has 4 N–H and O–H groups in total. The summed E-state index contributed by atoms with van der Waals surface area (Å²) in [5.74, 6) is -0.176. The number of amides is 1. The smallest absolute Gasteiger partial charge is 0.271 e. The van der Waals surface area contributed by atoms with Crippen LogP contribution >= 0.6 is 0 Å². The highest BCUT2D eigenvalue weighted by molar-refractivity contribution is 5.92. The standard InChI is InChI=1S/C12H20N4O2/c13-4-5-16-7-11(14-8-16)12(18)15-9-2-1-3-10(17)6-9/h7-10,17H,1-6,13H2,(H,15,18). The number of imidazole rings is 1. The summed E-state index contributed by atoms with van der Waals surface area (Å²) in [6.07, 6.45) is 6.35. The highest BCUT2D eigenvalue weighted by atomic mass is 16.3. The Bertz CT molecular complexity index is 405. The lowest BCUT2D eigenvalue weighted by Crippen LogP contribution is -2.39. The number of carbonyl (C=O) groups is 1. The first kappa shape index (κ1) is 13.0. The molecule has 0 spiro atoms. The fourth-order valence-electron chi connectivity index (χ4n) is 2.30. The maximum atomic E-state index is 11.9. The number of nitrogens with two attached hydrogens (primary N) is 1. The molecule has 18 heavy (non-hydrogen) atoms. The maximum absolute atomic E-state index is 11.9. The third-order valence-corrected chi connectivity index (χ3v) is 3.23. The van der Waals surface area contributed by atoms with Gasteiger partial charge in [-0.05, 0) is 25.7 Å². The Morgan fingerprint density at radius 3 is 3.17 bits per heavy atom. The zero-order chi connectivity index (χ0) is 13.0. The number of hydrogen-bond acceptors (Lipinski definition) is 4. The Labute approximate surface area is 106 Å². The lowest BCUT2D eigenvalue weighted by Gasteiger charge is -2.26. The van der Waals surface area contributed by atoms with Crippen molar-refractivity contribution in [3.05, 3.63) is 18.2 Å². The molecule has 1 heterocycles. The second-order valence-corrected chi connectivity index (χ2v) is 4.78. The predicted molar refractivity (Wildman–Crippen MR) is 67.0 cm³/mol. The van der Waals surface area contributed by atoms with Gasteiger partial charge in [0.05, 0.1) is 12.4 Å². The van der Waals surface area contributed by atoms with Crippen molar-refractivity contribution in [2.24, 2.45) is 5.73 Å². The molecule has 2 atom stereocenters. The summed E-state index contributed by atoms with van der Waals surface area (Å²) in [4.78, 5) is 16.0. The van der Waals surface area contributed by atoms with E-state index in [0.717, 1.165) is 19.3 Å². The van der Waals surface area contributed by atoms with Crippen LogP contribution in [0.15, 0.2) is 12.5 Å². The molecule has 2 rings (SSSR count). The van der Waals surface area contributed by atoms with E-state index in [0.29, 0.717) is 25.2 Å². The second kappa shape index (κ2) is 5.97. The highest BCUT2D eigenvalue weighted by Gasteiger charge is 2.22. The predicted octanol–water partition coefficient (Wildman–Crippen LogP) is -0.125. The molecule has 1 aromatic rings. The number of nitrogens with one attached hydrogen (secondary N) is 1. The Morgan fingerprint density at radius 2 is 2.44 bits per heavy atom. The molecule has 0 radical (unpaired) electrons. The minimum atomic E-state index is -0.293. The van der Waals surface area contributed by atoms with Crippen molar-refractivity contribution in [3.8, 4) is 0 Å². The zero-order valence-corrected chi connectivity index (χ0v) is 10.4. The van der Waals surface area contributed by atoms with E-state index in [1.807, 2.05) is 0 Å². The summed E-state index contributed by atoms with van der Waals surface area (Å²) in [6, 6.07) is 0.0564. The molecule has 6 nitrogen and oxygen atoms in total. The third-order valence-electron chi connectivity index (χ3n) is 3.23. The Kier molecular flexibility index (Phi) is 4.33. The van der Waals surface area contributed by atoms with Crippen molar-refractivity contribution >= 4 is 5.91 Å². The summed E-state index contributed by atoms with van der Waals surface area (Å²) in [5.41, 5.74) is 5.84. The van der Waals surface area contributed by atoms with Gasteiger partial charge in [-0.1, -0.05) is 0 Å². The maximum Gasteiger partial charge on any atom is 0.271 e. The number of aliphatic hydroxyl groups is 1. The summed E-state index contributed by atoms with van der Waals surface area (Å²) < 4.78 is 1.80. The molecule has 1 aromatic heterocycles. The van der Waals surface area contributed by atoms with E-state index >= 15 is 0 Å². The Hall–Kier alpha value is -1.40. The van der Waals surface area contributed by atoms with Crippen molar-refractivity contribution in [2.45, 2.75) is 44.4 Å². The first-order chi connectivity index (χ1) is 8.69. The number of hydrogen-bond donors (Lipinski definition) is 3. The fraction of sp³-hybridized carbons (Fsp3) is 0.667. The van der Waals surface area contributed by atoms with Gasteiger partial charge in [-0.2, -0.15) is 0 Å². The summed E-state index contributed by atoms with van der Waals surface area (Å²) >= 11 is 0. The average molecular weight is 252 g/mol. The molecule has 0 aliphatic heterocycles. The van der Waals surface area contributed by atoms with Gasteiger partial charge in [0.15, 0.2) is 0 Å². The van der Waals surface area contributed by atoms with E-state index < -0.39 is 0 Å². The average Bonchev–Trinajstić information content (AvgIpc) is 2.78. The third kappa shape index (κ3) is 3.30. The highest BCUT2D eigenvalue weighted by Crippen LogP contribution is 2.18. The van der Waals surface area contributed by atoms with Crippen LogP contribution in [0, 0.1) is 0 Å². The van der Waals surface area contributed by atoms with Crippen molar-refractivity contribution < 1.29 is 9.90 Å². The molecule has 1 fully saturated rings. The van der Waals surface area contributed by atoms with Crippen LogP contribution in [0.5, 0.6) is 0 Å². The molecule has 1 saturated carbocycles. The quantitative estimate of drug-likeness (QED) is 0.696. The summed E-state index contributed by atoms with van der Waals surface area (Å²) in [5, 5.41) is 12.5. The van der Waals surface area contributed by atoms with Crippen molar-refractivity contribution in [1.29, 1.82) is 0 Å². The van der Waals surface area contributed by atoms with E-state index in [-0.39, 0.29) is 18.1 Å². The van der Waals surface area contributed by atoms with E-state index in [1.54, 1.807) is 17.1 Å². The van der Waals surface area contributed by atoms with Crippen LogP contribution in [0.2, 0.25) is 0 Å². The Balaban J connectivity index is 1.90. The van der Waals surface area contributed by atoms with Gasteiger partial charge < -0.3 is 20.7 Å². The molecule has 0 bridgehead atoms. The lowest BCUT2D eigenvalue weighted by molar-refractivity contribution is 0.0846. The van der Waals surface area contributed by atoms with E-state index in [1.165, 1.54) is 0 Å². The molecule has 0 saturated heterocycles. The molecule has 1 aliphatic carbocycles. The molecule has 1 amide bonds. The monoisotopic (exact) mass is 252 g/mol. The van der Waals surface area contributed by atoms with Crippen LogP contribution in [-0.2, 0) is 6.54 Å². The van der Waals surface area contributed by atoms with Crippen molar-refractivity contribution in [2.75, 3.05) is 6.54 Å². The number of aromatic nitrogens is 2. The van der Waals surface area contributed by atoms with E-state index in [4.69, 9.17) is 5.73 Å². The van der Waals surface area contributed by atoms with Gasteiger partial charge in [0.1, 0.15) is 5.69 Å². The number of carbonyl (C=O) groups excluding carboxylic acids is 1. The van der Waals surface area contributed by atoms with Crippen LogP contribution < -0.4 is 11.1 Å². The van der Waals surface area contributed by atoms with Gasteiger partial charge in [0, 0.05) is 25.3 Å². The van der Waals surface area contributed by atoms with Gasteiger partial charge in [-0.3, -0.25) is 4.79 Å². The molecule has 2 unspecified atom stereocenters. The molecular weight excluding hydrogens is 232 g/mol. The first-order valence-corrected chi connectivity index (χ1v) is 6.40. The van der Waals surface area contributed by atoms with Gasteiger partial charge in [0.25, 0.3) is 5.91 Å².